The fourth-order valence-electron chi connectivity index (χ4n) is 1.67. The molecule has 1 N–H and O–H groups in total. The summed E-state index contributed by atoms with van der Waals surface area (Å²) in [7, 11) is 1.73. The molecule has 1 aromatic carbocycles. The van der Waals surface area contributed by atoms with E-state index in [-0.39, 0.29) is 5.56 Å². The Kier molecular flexibility index (Phi) is 2.93. The number of hydrogen-bond donors (Lipinski definition) is 1. The van der Waals surface area contributed by atoms with Crippen LogP contribution in [-0.2, 0) is 7.05 Å². The normalized spacial score (nSPS) is 12.8. The van der Waals surface area contributed by atoms with Crippen LogP contribution in [0.4, 0.5) is 8.78 Å². The number of aromatic nitrogens is 2. The van der Waals surface area contributed by atoms with E-state index in [1.54, 1.807) is 18.7 Å². The molecule has 3 nitrogen and oxygen atoms in total. The lowest BCUT2D eigenvalue weighted by atomic mass is 10.0. The second-order valence-electron chi connectivity index (χ2n) is 3.88. The summed E-state index contributed by atoms with van der Waals surface area (Å²) in [4.78, 5) is 0. The molecule has 1 aromatic heterocycles. The Bertz CT molecular complexity index is 551. The molecule has 0 radical (unpaired) electrons. The maximum atomic E-state index is 13.5. The van der Waals surface area contributed by atoms with E-state index in [4.69, 9.17) is 0 Å². The minimum Gasteiger partial charge on any atom is -0.383 e. The zero-order valence-corrected chi connectivity index (χ0v) is 9.48. The second-order valence-corrected chi connectivity index (χ2v) is 3.88. The van der Waals surface area contributed by atoms with E-state index in [9.17, 15) is 13.9 Å². The first kappa shape index (κ1) is 11.7. The summed E-state index contributed by atoms with van der Waals surface area (Å²) >= 11 is 0. The Labute approximate surface area is 97.3 Å². The molecule has 1 unspecified atom stereocenters. The van der Waals surface area contributed by atoms with Gasteiger partial charge in [0, 0.05) is 29.9 Å². The maximum absolute atomic E-state index is 13.5. The van der Waals surface area contributed by atoms with Crippen LogP contribution >= 0.6 is 0 Å². The smallest absolute Gasteiger partial charge is 0.132 e. The molecule has 0 aliphatic carbocycles. The fourth-order valence-corrected chi connectivity index (χ4v) is 1.67. The molecular formula is C12H12F2N2O. The highest BCUT2D eigenvalue weighted by Crippen LogP contribution is 2.26. The summed E-state index contributed by atoms with van der Waals surface area (Å²) in [6.45, 7) is 1.77. The van der Waals surface area contributed by atoms with Crippen molar-refractivity contribution < 1.29 is 13.9 Å². The molecule has 0 spiro atoms. The number of rotatable bonds is 2. The molecule has 2 rings (SSSR count). The topological polar surface area (TPSA) is 38.1 Å². The Morgan fingerprint density at radius 2 is 2.00 bits per heavy atom. The molecule has 2 aromatic rings. The van der Waals surface area contributed by atoms with Gasteiger partial charge >= 0.3 is 0 Å². The van der Waals surface area contributed by atoms with Gasteiger partial charge < -0.3 is 5.11 Å². The number of aliphatic hydroxyl groups excluding tert-OH is 1. The van der Waals surface area contributed by atoms with Crippen molar-refractivity contribution in [3.05, 3.63) is 52.9 Å². The van der Waals surface area contributed by atoms with Gasteiger partial charge in [-0.3, -0.25) is 4.68 Å². The Hall–Kier alpha value is -1.75. The van der Waals surface area contributed by atoms with Crippen LogP contribution in [0, 0.1) is 18.6 Å². The third-order valence-electron chi connectivity index (χ3n) is 2.82. The first-order valence-electron chi connectivity index (χ1n) is 5.12. The highest BCUT2D eigenvalue weighted by atomic mass is 19.1. The third-order valence-corrected chi connectivity index (χ3v) is 2.82. The number of aliphatic hydroxyl groups is 1. The molecule has 1 heterocycles. The molecule has 0 amide bonds. The molecule has 17 heavy (non-hydrogen) atoms. The minimum atomic E-state index is -1.13. The first-order valence-corrected chi connectivity index (χ1v) is 5.12. The standard InChI is InChI=1S/C12H12F2N2O/c1-7-10(6-15-16(7)2)12(17)9-4-3-8(13)5-11(9)14/h3-6,12,17H,1-2H3. The van der Waals surface area contributed by atoms with E-state index in [1.807, 2.05) is 0 Å². The van der Waals surface area contributed by atoms with Crippen LogP contribution in [0.2, 0.25) is 0 Å². The SMILES string of the molecule is Cc1c(C(O)c2ccc(F)cc2F)cnn1C. The largest absolute Gasteiger partial charge is 0.383 e. The Morgan fingerprint density at radius 3 is 2.53 bits per heavy atom. The summed E-state index contributed by atoms with van der Waals surface area (Å²) in [5.74, 6) is -1.43. The van der Waals surface area contributed by atoms with Crippen molar-refractivity contribution in [2.45, 2.75) is 13.0 Å². The first-order chi connectivity index (χ1) is 8.00. The lowest BCUT2D eigenvalue weighted by molar-refractivity contribution is 0.214. The molecule has 0 aliphatic heterocycles. The lowest BCUT2D eigenvalue weighted by Crippen LogP contribution is -2.04. The molecule has 0 fully saturated rings. The van der Waals surface area contributed by atoms with Gasteiger partial charge in [0.05, 0.1) is 6.20 Å². The van der Waals surface area contributed by atoms with Gasteiger partial charge in [0.1, 0.15) is 17.7 Å². The van der Waals surface area contributed by atoms with Gasteiger partial charge in [-0.05, 0) is 13.0 Å². The predicted molar refractivity (Wildman–Crippen MR) is 58.4 cm³/mol. The number of nitrogens with zero attached hydrogens (tertiary/aromatic N) is 2. The van der Waals surface area contributed by atoms with Gasteiger partial charge in [0.2, 0.25) is 0 Å². The van der Waals surface area contributed by atoms with Crippen LogP contribution in [-0.4, -0.2) is 14.9 Å². The quantitative estimate of drug-likeness (QED) is 0.870. The van der Waals surface area contributed by atoms with Crippen molar-refractivity contribution in [1.29, 1.82) is 0 Å². The summed E-state index contributed by atoms with van der Waals surface area (Å²) in [6, 6.07) is 3.11. The molecule has 0 saturated carbocycles. The van der Waals surface area contributed by atoms with Gasteiger partial charge in [-0.1, -0.05) is 6.07 Å². The van der Waals surface area contributed by atoms with Gasteiger partial charge in [-0.25, -0.2) is 8.78 Å². The number of benzene rings is 1. The molecule has 0 bridgehead atoms. The highest BCUT2D eigenvalue weighted by Gasteiger charge is 2.19. The molecule has 0 saturated heterocycles. The van der Waals surface area contributed by atoms with Gasteiger partial charge in [-0.15, -0.1) is 0 Å². The van der Waals surface area contributed by atoms with E-state index in [2.05, 4.69) is 5.10 Å². The third kappa shape index (κ3) is 2.06. The van der Waals surface area contributed by atoms with Gasteiger partial charge in [0.25, 0.3) is 0 Å². The zero-order chi connectivity index (χ0) is 12.6. The Balaban J connectivity index is 2.43. The highest BCUT2D eigenvalue weighted by molar-refractivity contribution is 5.32. The monoisotopic (exact) mass is 238 g/mol. The number of halogens is 2. The van der Waals surface area contributed by atoms with Crippen LogP contribution in [0.25, 0.3) is 0 Å². The molecule has 5 heteroatoms. The van der Waals surface area contributed by atoms with Crippen molar-refractivity contribution in [1.82, 2.24) is 9.78 Å². The van der Waals surface area contributed by atoms with E-state index < -0.39 is 17.7 Å². The van der Waals surface area contributed by atoms with Crippen LogP contribution in [0.5, 0.6) is 0 Å². The Morgan fingerprint density at radius 1 is 1.29 bits per heavy atom. The van der Waals surface area contributed by atoms with E-state index in [0.29, 0.717) is 5.56 Å². The molecular weight excluding hydrogens is 226 g/mol. The minimum absolute atomic E-state index is 0.0440. The molecule has 0 aliphatic rings. The second kappa shape index (κ2) is 4.25. The van der Waals surface area contributed by atoms with Gasteiger partial charge in [-0.2, -0.15) is 5.10 Å². The van der Waals surface area contributed by atoms with Crippen molar-refractivity contribution in [2.75, 3.05) is 0 Å². The van der Waals surface area contributed by atoms with Crippen LogP contribution in [0.1, 0.15) is 22.9 Å². The van der Waals surface area contributed by atoms with Crippen molar-refractivity contribution in [3.63, 3.8) is 0 Å². The van der Waals surface area contributed by atoms with Crippen LogP contribution in [0.3, 0.4) is 0 Å². The summed E-state index contributed by atoms with van der Waals surface area (Å²) in [5.41, 5.74) is 1.29. The van der Waals surface area contributed by atoms with Crippen LogP contribution < -0.4 is 0 Å². The number of aryl methyl sites for hydroxylation is 1. The maximum Gasteiger partial charge on any atom is 0.132 e. The van der Waals surface area contributed by atoms with E-state index in [1.165, 1.54) is 12.3 Å². The summed E-state index contributed by atoms with van der Waals surface area (Å²) in [6.07, 6.45) is 0.340. The average molecular weight is 238 g/mol. The lowest BCUT2D eigenvalue weighted by Gasteiger charge is -2.11. The summed E-state index contributed by atoms with van der Waals surface area (Å²) in [5, 5.41) is 14.0. The molecule has 1 atom stereocenters. The predicted octanol–water partition coefficient (Wildman–Crippen LogP) is 2.09. The van der Waals surface area contributed by atoms with Crippen molar-refractivity contribution >= 4 is 0 Å². The zero-order valence-electron chi connectivity index (χ0n) is 9.48. The van der Waals surface area contributed by atoms with E-state index in [0.717, 1.165) is 17.8 Å². The van der Waals surface area contributed by atoms with E-state index >= 15 is 0 Å². The average Bonchev–Trinajstić information content (AvgIpc) is 2.59. The van der Waals surface area contributed by atoms with Gasteiger partial charge in [0.15, 0.2) is 0 Å². The van der Waals surface area contributed by atoms with Crippen LogP contribution in [0.15, 0.2) is 24.4 Å². The van der Waals surface area contributed by atoms with Crippen molar-refractivity contribution in [2.24, 2.45) is 7.05 Å². The molecule has 90 valence electrons. The summed E-state index contributed by atoms with van der Waals surface area (Å²) < 4.78 is 27.8. The number of hydrogen-bond acceptors (Lipinski definition) is 2. The fraction of sp³-hybridized carbons (Fsp3) is 0.250. The van der Waals surface area contributed by atoms with Crippen molar-refractivity contribution in [3.8, 4) is 0 Å².